The Morgan fingerprint density at radius 3 is 2.46 bits per heavy atom. The number of methoxy groups -OCH3 is 1. The fraction of sp³-hybridized carbons (Fsp3) is 0.105. The van der Waals surface area contributed by atoms with Crippen LogP contribution in [0.5, 0.6) is 5.75 Å². The van der Waals surface area contributed by atoms with Crippen molar-refractivity contribution in [3.8, 4) is 17.0 Å². The Balaban J connectivity index is 1.53. The number of aromatic nitrogens is 2. The molecule has 3 rings (SSSR count). The summed E-state index contributed by atoms with van der Waals surface area (Å²) in [6, 6.07) is 18.2. The van der Waals surface area contributed by atoms with Crippen LogP contribution in [0.3, 0.4) is 0 Å². The van der Waals surface area contributed by atoms with Crippen LogP contribution >= 0.6 is 0 Å². The molecule has 132 valence electrons. The van der Waals surface area contributed by atoms with E-state index in [9.17, 15) is 9.59 Å². The first-order valence-corrected chi connectivity index (χ1v) is 7.98. The lowest BCUT2D eigenvalue weighted by Gasteiger charge is -2.07. The first-order chi connectivity index (χ1) is 12.7. The molecule has 0 spiro atoms. The fourth-order valence-electron chi connectivity index (χ4n) is 2.36. The zero-order valence-corrected chi connectivity index (χ0v) is 14.2. The molecule has 7 nitrogen and oxygen atoms in total. The quantitative estimate of drug-likeness (QED) is 0.614. The number of carbonyl (C=O) groups excluding carboxylic acids is 2. The zero-order valence-electron chi connectivity index (χ0n) is 14.2. The van der Waals surface area contributed by atoms with E-state index in [-0.39, 0.29) is 18.0 Å². The molecule has 0 bridgehead atoms. The Kier molecular flexibility index (Phi) is 5.28. The molecule has 0 radical (unpaired) electrons. The van der Waals surface area contributed by atoms with Gasteiger partial charge in [-0.25, -0.2) is 0 Å². The Morgan fingerprint density at radius 2 is 1.77 bits per heavy atom. The normalized spacial score (nSPS) is 10.2. The van der Waals surface area contributed by atoms with E-state index in [1.165, 1.54) is 0 Å². The van der Waals surface area contributed by atoms with Gasteiger partial charge >= 0.3 is 0 Å². The van der Waals surface area contributed by atoms with Crippen LogP contribution in [0.4, 0.5) is 0 Å². The van der Waals surface area contributed by atoms with Crippen molar-refractivity contribution in [2.45, 2.75) is 6.42 Å². The summed E-state index contributed by atoms with van der Waals surface area (Å²) in [7, 11) is 1.58. The van der Waals surface area contributed by atoms with Crippen LogP contribution in [0.25, 0.3) is 11.3 Å². The predicted molar refractivity (Wildman–Crippen MR) is 96.3 cm³/mol. The van der Waals surface area contributed by atoms with Gasteiger partial charge in [0.05, 0.1) is 19.2 Å². The van der Waals surface area contributed by atoms with Crippen molar-refractivity contribution in [1.29, 1.82) is 0 Å². The van der Waals surface area contributed by atoms with Gasteiger partial charge in [0.2, 0.25) is 5.91 Å². The van der Waals surface area contributed by atoms with Crippen LogP contribution in [0.2, 0.25) is 0 Å². The molecule has 3 aromatic rings. The van der Waals surface area contributed by atoms with E-state index in [4.69, 9.17) is 4.74 Å². The molecule has 0 atom stereocenters. The van der Waals surface area contributed by atoms with Gasteiger partial charge < -0.3 is 4.74 Å². The number of amides is 2. The van der Waals surface area contributed by atoms with E-state index in [2.05, 4.69) is 21.0 Å². The first kappa shape index (κ1) is 17.2. The lowest BCUT2D eigenvalue weighted by Crippen LogP contribution is -2.42. The molecule has 0 unspecified atom stereocenters. The summed E-state index contributed by atoms with van der Waals surface area (Å²) in [5.41, 5.74) is 7.38. The molecule has 0 aliphatic rings. The monoisotopic (exact) mass is 350 g/mol. The van der Waals surface area contributed by atoms with Gasteiger partial charge in [-0.3, -0.25) is 25.5 Å². The molecule has 0 aliphatic heterocycles. The summed E-state index contributed by atoms with van der Waals surface area (Å²) >= 11 is 0. The summed E-state index contributed by atoms with van der Waals surface area (Å²) in [6.45, 7) is 0. The highest BCUT2D eigenvalue weighted by molar-refractivity contribution is 5.94. The molecular formula is C19H18N4O3. The number of nitrogens with one attached hydrogen (secondary N) is 3. The topological polar surface area (TPSA) is 96.1 Å². The Morgan fingerprint density at radius 1 is 1.04 bits per heavy atom. The van der Waals surface area contributed by atoms with Gasteiger partial charge in [-0.15, -0.1) is 0 Å². The minimum absolute atomic E-state index is 0.141. The van der Waals surface area contributed by atoms with Gasteiger partial charge in [0, 0.05) is 5.56 Å². The standard InChI is InChI=1S/C19H18N4O3/c1-26-15-9-7-13(8-10-15)11-18(24)22-23-19(25)17-12-16(20-21-17)14-5-3-2-4-6-14/h2-10,12H,11H2,1H3,(H,20,21)(H,22,24)(H,23,25). The summed E-state index contributed by atoms with van der Waals surface area (Å²) in [5.74, 6) is -0.0787. The lowest BCUT2D eigenvalue weighted by molar-refractivity contribution is -0.121. The van der Waals surface area contributed by atoms with Crippen molar-refractivity contribution in [2.75, 3.05) is 7.11 Å². The van der Waals surface area contributed by atoms with Crippen molar-refractivity contribution >= 4 is 11.8 Å². The van der Waals surface area contributed by atoms with Crippen molar-refractivity contribution in [2.24, 2.45) is 0 Å². The first-order valence-electron chi connectivity index (χ1n) is 7.98. The van der Waals surface area contributed by atoms with E-state index in [0.29, 0.717) is 5.69 Å². The minimum Gasteiger partial charge on any atom is -0.497 e. The third-order valence-electron chi connectivity index (χ3n) is 3.73. The Bertz CT molecular complexity index is 889. The molecule has 2 aromatic carbocycles. The third kappa shape index (κ3) is 4.27. The van der Waals surface area contributed by atoms with E-state index in [0.717, 1.165) is 16.9 Å². The maximum Gasteiger partial charge on any atom is 0.287 e. The molecular weight excluding hydrogens is 332 g/mol. The van der Waals surface area contributed by atoms with Crippen molar-refractivity contribution in [3.63, 3.8) is 0 Å². The summed E-state index contributed by atoms with van der Waals surface area (Å²) in [4.78, 5) is 24.1. The fourth-order valence-corrected chi connectivity index (χ4v) is 2.36. The molecule has 3 N–H and O–H groups in total. The van der Waals surface area contributed by atoms with Gasteiger partial charge in [-0.2, -0.15) is 5.10 Å². The number of hydrogen-bond acceptors (Lipinski definition) is 4. The molecule has 0 saturated carbocycles. The molecule has 1 aromatic heterocycles. The maximum atomic E-state index is 12.1. The van der Waals surface area contributed by atoms with Crippen molar-refractivity contribution in [3.05, 3.63) is 71.9 Å². The van der Waals surface area contributed by atoms with E-state index in [1.54, 1.807) is 37.4 Å². The van der Waals surface area contributed by atoms with Crippen LogP contribution in [0.15, 0.2) is 60.7 Å². The molecule has 0 fully saturated rings. The average Bonchev–Trinajstić information content (AvgIpc) is 3.18. The molecule has 2 amide bonds. The molecule has 1 heterocycles. The largest absolute Gasteiger partial charge is 0.497 e. The van der Waals surface area contributed by atoms with Gasteiger partial charge in [0.1, 0.15) is 11.4 Å². The molecule has 7 heteroatoms. The minimum atomic E-state index is -0.470. The number of benzene rings is 2. The highest BCUT2D eigenvalue weighted by Gasteiger charge is 2.12. The molecule has 26 heavy (non-hydrogen) atoms. The second kappa shape index (κ2) is 7.98. The second-order valence-electron chi connectivity index (χ2n) is 5.56. The van der Waals surface area contributed by atoms with Crippen molar-refractivity contribution < 1.29 is 14.3 Å². The number of rotatable bonds is 5. The highest BCUT2D eigenvalue weighted by atomic mass is 16.5. The summed E-state index contributed by atoms with van der Waals surface area (Å²) < 4.78 is 5.07. The molecule has 0 aliphatic carbocycles. The van der Waals surface area contributed by atoms with Gasteiger partial charge in [0.15, 0.2) is 0 Å². The third-order valence-corrected chi connectivity index (χ3v) is 3.73. The van der Waals surface area contributed by atoms with Gasteiger partial charge in [-0.05, 0) is 23.8 Å². The molecule has 0 saturated heterocycles. The van der Waals surface area contributed by atoms with Gasteiger partial charge in [0.25, 0.3) is 5.91 Å². The van der Waals surface area contributed by atoms with E-state index < -0.39 is 5.91 Å². The lowest BCUT2D eigenvalue weighted by atomic mass is 10.1. The zero-order chi connectivity index (χ0) is 18.4. The SMILES string of the molecule is COc1ccc(CC(=O)NNC(=O)c2cc(-c3ccccc3)n[nH]2)cc1. The van der Waals surface area contributed by atoms with Crippen LogP contribution in [0, 0.1) is 0 Å². The highest BCUT2D eigenvalue weighted by Crippen LogP contribution is 2.16. The van der Waals surface area contributed by atoms with Crippen molar-refractivity contribution in [1.82, 2.24) is 21.0 Å². The maximum absolute atomic E-state index is 12.1. The van der Waals surface area contributed by atoms with Crippen LogP contribution in [0.1, 0.15) is 16.1 Å². The Hall–Kier alpha value is -3.61. The number of hydrazine groups is 1. The van der Waals surface area contributed by atoms with E-state index >= 15 is 0 Å². The number of H-pyrrole nitrogens is 1. The second-order valence-corrected chi connectivity index (χ2v) is 5.56. The number of nitrogens with zero attached hydrogens (tertiary/aromatic N) is 1. The number of hydrogen-bond donors (Lipinski definition) is 3. The predicted octanol–water partition coefficient (Wildman–Crippen LogP) is 2.09. The number of ether oxygens (including phenoxy) is 1. The smallest absolute Gasteiger partial charge is 0.287 e. The van der Waals surface area contributed by atoms with E-state index in [1.807, 2.05) is 30.3 Å². The summed E-state index contributed by atoms with van der Waals surface area (Å²) in [6.07, 6.45) is 0.141. The summed E-state index contributed by atoms with van der Waals surface area (Å²) in [5, 5.41) is 6.77. The number of aromatic amines is 1. The Labute approximate surface area is 150 Å². The van der Waals surface area contributed by atoms with Crippen LogP contribution in [-0.4, -0.2) is 29.1 Å². The van der Waals surface area contributed by atoms with Crippen LogP contribution < -0.4 is 15.6 Å². The number of carbonyl (C=O) groups is 2. The average molecular weight is 350 g/mol. The van der Waals surface area contributed by atoms with Crippen LogP contribution in [-0.2, 0) is 11.2 Å². The van der Waals surface area contributed by atoms with Gasteiger partial charge in [-0.1, -0.05) is 42.5 Å².